The molecule has 0 saturated carbocycles. The Hall–Kier alpha value is -3.20. The van der Waals surface area contributed by atoms with Gasteiger partial charge >= 0.3 is 6.03 Å². The summed E-state index contributed by atoms with van der Waals surface area (Å²) >= 11 is 1.27. The lowest BCUT2D eigenvalue weighted by Crippen LogP contribution is -2.43. The number of hydrogen-bond donors (Lipinski definition) is 2. The first-order valence-electron chi connectivity index (χ1n) is 8.74. The molecule has 148 valence electrons. The molecule has 2 aromatic carbocycles. The number of amides is 2. The van der Waals surface area contributed by atoms with Gasteiger partial charge in [-0.1, -0.05) is 23.9 Å². The summed E-state index contributed by atoms with van der Waals surface area (Å²) in [6.45, 7) is 2.04. The molecule has 3 N–H and O–H groups in total. The number of fused-ring (bicyclic) bond motifs is 1. The van der Waals surface area contributed by atoms with E-state index in [1.54, 1.807) is 18.4 Å². The Labute approximate surface area is 170 Å². The van der Waals surface area contributed by atoms with Crippen LogP contribution in [-0.2, 0) is 6.54 Å². The van der Waals surface area contributed by atoms with Crippen molar-refractivity contribution in [2.24, 2.45) is 0 Å². The van der Waals surface area contributed by atoms with Crippen LogP contribution in [0.5, 0.6) is 0 Å². The third-order valence-corrected chi connectivity index (χ3v) is 5.20. The van der Waals surface area contributed by atoms with E-state index in [0.29, 0.717) is 22.1 Å². The van der Waals surface area contributed by atoms with Gasteiger partial charge in [0.25, 0.3) is 0 Å². The van der Waals surface area contributed by atoms with Crippen molar-refractivity contribution >= 4 is 35.0 Å². The molecule has 1 aliphatic heterocycles. The molecule has 0 aliphatic carbocycles. The molecule has 2 heterocycles. The number of nitrogens with one attached hydrogen (secondary N) is 1. The number of urea groups is 1. The molecule has 0 bridgehead atoms. The second-order valence-electron chi connectivity index (χ2n) is 6.50. The van der Waals surface area contributed by atoms with E-state index < -0.39 is 23.4 Å². The number of anilines is 3. The lowest BCUT2D eigenvalue weighted by Gasteiger charge is -2.30. The van der Waals surface area contributed by atoms with Crippen LogP contribution in [0.1, 0.15) is 11.1 Å². The highest BCUT2D eigenvalue weighted by molar-refractivity contribution is 7.98. The zero-order valence-corrected chi connectivity index (χ0v) is 16.5. The normalized spacial score (nSPS) is 13.2. The molecular formula is C20H17F2N5OS. The van der Waals surface area contributed by atoms with Crippen LogP contribution < -0.4 is 16.0 Å². The van der Waals surface area contributed by atoms with Crippen molar-refractivity contribution in [3.05, 3.63) is 59.2 Å². The Morgan fingerprint density at radius 3 is 2.59 bits per heavy atom. The van der Waals surface area contributed by atoms with Gasteiger partial charge in [-0.05, 0) is 43.0 Å². The highest BCUT2D eigenvalue weighted by Crippen LogP contribution is 2.39. The predicted octanol–water partition coefficient (Wildman–Crippen LogP) is 4.40. The molecule has 0 atom stereocenters. The van der Waals surface area contributed by atoms with Crippen LogP contribution in [0, 0.1) is 18.6 Å². The van der Waals surface area contributed by atoms with Crippen molar-refractivity contribution in [2.75, 3.05) is 16.9 Å². The molecule has 0 unspecified atom stereocenters. The number of benzene rings is 2. The van der Waals surface area contributed by atoms with Crippen molar-refractivity contribution in [2.45, 2.75) is 18.6 Å². The number of carbonyl (C=O) groups excluding carboxylic acids is 1. The minimum atomic E-state index is -0.862. The van der Waals surface area contributed by atoms with E-state index in [2.05, 4.69) is 15.3 Å². The van der Waals surface area contributed by atoms with Crippen LogP contribution >= 0.6 is 11.8 Å². The maximum absolute atomic E-state index is 14.5. The summed E-state index contributed by atoms with van der Waals surface area (Å²) in [6, 6.07) is 8.21. The van der Waals surface area contributed by atoms with Crippen molar-refractivity contribution in [1.29, 1.82) is 0 Å². The lowest BCUT2D eigenvalue weighted by atomic mass is 9.99. The van der Waals surface area contributed by atoms with E-state index in [-0.39, 0.29) is 12.4 Å². The Kier molecular flexibility index (Phi) is 4.83. The summed E-state index contributed by atoms with van der Waals surface area (Å²) in [5, 5.41) is 3.03. The number of thioether (sulfide) groups is 1. The van der Waals surface area contributed by atoms with Gasteiger partial charge in [0, 0.05) is 16.8 Å². The molecule has 2 amide bonds. The molecule has 4 rings (SSSR count). The Balaban J connectivity index is 2.02. The van der Waals surface area contributed by atoms with Gasteiger partial charge in [0.15, 0.2) is 11.0 Å². The average Bonchev–Trinajstić information content (AvgIpc) is 2.70. The second kappa shape index (κ2) is 7.32. The van der Waals surface area contributed by atoms with Crippen LogP contribution in [0.15, 0.2) is 41.6 Å². The van der Waals surface area contributed by atoms with E-state index in [0.717, 1.165) is 28.2 Å². The highest BCUT2D eigenvalue weighted by atomic mass is 32.2. The van der Waals surface area contributed by atoms with E-state index in [9.17, 15) is 13.6 Å². The number of nitrogens with two attached hydrogens (primary N) is 1. The van der Waals surface area contributed by atoms with Gasteiger partial charge < -0.3 is 11.1 Å². The molecule has 29 heavy (non-hydrogen) atoms. The summed E-state index contributed by atoms with van der Waals surface area (Å²) < 4.78 is 29.0. The monoisotopic (exact) mass is 413 g/mol. The fourth-order valence-electron chi connectivity index (χ4n) is 3.26. The molecule has 0 radical (unpaired) electrons. The van der Waals surface area contributed by atoms with Gasteiger partial charge in [0.1, 0.15) is 17.3 Å². The molecule has 0 saturated heterocycles. The van der Waals surface area contributed by atoms with Crippen LogP contribution in [0.3, 0.4) is 0 Å². The fraction of sp³-hybridized carbons (Fsp3) is 0.150. The predicted molar refractivity (Wildman–Crippen MR) is 109 cm³/mol. The standard InChI is InChI=1S/C20H17F2N5OS/c1-10-6-7-11(23)8-12(10)16-13-9-24-20(28)27(18(13)26-19(25-16)29-2)17-14(21)4-3-5-15(17)22/h3-8H,9,23H2,1-2H3,(H,24,28). The number of para-hydroxylation sites is 1. The van der Waals surface area contributed by atoms with Gasteiger partial charge in [-0.15, -0.1) is 0 Å². The van der Waals surface area contributed by atoms with Crippen LogP contribution in [0.25, 0.3) is 11.3 Å². The van der Waals surface area contributed by atoms with Gasteiger partial charge in [-0.2, -0.15) is 0 Å². The number of rotatable bonds is 3. The third-order valence-electron chi connectivity index (χ3n) is 4.66. The summed E-state index contributed by atoms with van der Waals surface area (Å²) in [7, 11) is 0. The van der Waals surface area contributed by atoms with Crippen LogP contribution in [-0.4, -0.2) is 22.3 Å². The zero-order valence-electron chi connectivity index (χ0n) is 15.7. The number of nitrogens with zero attached hydrogens (tertiary/aromatic N) is 3. The average molecular weight is 413 g/mol. The van der Waals surface area contributed by atoms with Crippen molar-refractivity contribution in [3.63, 3.8) is 0 Å². The molecule has 3 aromatic rings. The molecule has 0 fully saturated rings. The van der Waals surface area contributed by atoms with Gasteiger partial charge in [0.2, 0.25) is 0 Å². The van der Waals surface area contributed by atoms with Crippen molar-refractivity contribution in [1.82, 2.24) is 15.3 Å². The maximum atomic E-state index is 14.5. The first kappa shape index (κ1) is 19.1. The zero-order chi connectivity index (χ0) is 20.7. The summed E-state index contributed by atoms with van der Waals surface area (Å²) in [5.41, 5.74) is 8.85. The number of hydrogen-bond acceptors (Lipinski definition) is 5. The highest BCUT2D eigenvalue weighted by Gasteiger charge is 2.34. The minimum Gasteiger partial charge on any atom is -0.399 e. The molecule has 0 spiro atoms. The maximum Gasteiger partial charge on any atom is 0.328 e. The number of aromatic nitrogens is 2. The first-order valence-corrected chi connectivity index (χ1v) is 9.96. The molecule has 1 aromatic heterocycles. The number of nitrogen functional groups attached to an aromatic ring is 1. The van der Waals surface area contributed by atoms with E-state index in [4.69, 9.17) is 5.73 Å². The molecule has 6 nitrogen and oxygen atoms in total. The second-order valence-corrected chi connectivity index (χ2v) is 7.27. The topological polar surface area (TPSA) is 84.1 Å². The Morgan fingerprint density at radius 1 is 1.17 bits per heavy atom. The van der Waals surface area contributed by atoms with Crippen molar-refractivity contribution in [3.8, 4) is 11.3 Å². The first-order chi connectivity index (χ1) is 13.9. The van der Waals surface area contributed by atoms with Gasteiger partial charge in [-0.3, -0.25) is 0 Å². The Morgan fingerprint density at radius 2 is 1.90 bits per heavy atom. The SMILES string of the molecule is CSc1nc(-c2cc(N)ccc2C)c2c(n1)N(c1c(F)cccc1F)C(=O)NC2. The number of aryl methyl sites for hydroxylation is 1. The summed E-state index contributed by atoms with van der Waals surface area (Å²) in [6.07, 6.45) is 1.79. The fourth-order valence-corrected chi connectivity index (χ4v) is 3.62. The number of halogens is 2. The smallest absolute Gasteiger partial charge is 0.328 e. The van der Waals surface area contributed by atoms with Gasteiger partial charge in [-0.25, -0.2) is 28.4 Å². The Bertz CT molecular complexity index is 1120. The molecule has 9 heteroatoms. The van der Waals surface area contributed by atoms with Crippen LogP contribution in [0.2, 0.25) is 0 Å². The van der Waals surface area contributed by atoms with Crippen molar-refractivity contribution < 1.29 is 13.6 Å². The minimum absolute atomic E-state index is 0.124. The van der Waals surface area contributed by atoms with Crippen LogP contribution in [0.4, 0.5) is 30.8 Å². The quantitative estimate of drug-likeness (QED) is 0.378. The lowest BCUT2D eigenvalue weighted by molar-refractivity contribution is 0.246. The summed E-state index contributed by atoms with van der Waals surface area (Å²) in [5.74, 6) is -1.58. The molecule has 1 aliphatic rings. The summed E-state index contributed by atoms with van der Waals surface area (Å²) in [4.78, 5) is 22.6. The van der Waals surface area contributed by atoms with Gasteiger partial charge in [0.05, 0.1) is 12.2 Å². The third kappa shape index (κ3) is 3.27. The van der Waals surface area contributed by atoms with E-state index in [1.807, 2.05) is 13.0 Å². The largest absolute Gasteiger partial charge is 0.399 e. The molecular weight excluding hydrogens is 396 g/mol. The van der Waals surface area contributed by atoms with E-state index >= 15 is 0 Å². The van der Waals surface area contributed by atoms with E-state index in [1.165, 1.54) is 17.8 Å². The number of carbonyl (C=O) groups is 1.